The number of halogens is 1. The van der Waals surface area contributed by atoms with Gasteiger partial charge in [0, 0.05) is 10.7 Å². The maximum atomic E-state index is 5.85. The molecule has 0 aliphatic carbocycles. The summed E-state index contributed by atoms with van der Waals surface area (Å²) in [4.78, 5) is 4.57. The van der Waals surface area contributed by atoms with Crippen LogP contribution in [0.25, 0.3) is 0 Å². The summed E-state index contributed by atoms with van der Waals surface area (Å²) in [6.07, 6.45) is 0. The lowest BCUT2D eigenvalue weighted by Crippen LogP contribution is -1.95. The lowest BCUT2D eigenvalue weighted by atomic mass is 10.1. The summed E-state index contributed by atoms with van der Waals surface area (Å²) >= 11 is 5.85. The van der Waals surface area contributed by atoms with E-state index in [4.69, 9.17) is 11.6 Å². The Morgan fingerprint density at radius 1 is 1.00 bits per heavy atom. The topological polar surface area (TPSA) is 12.4 Å². The van der Waals surface area contributed by atoms with E-state index >= 15 is 0 Å². The molecular weight excluding hydrogens is 230 g/mol. The minimum atomic E-state index is 0.718. The van der Waals surface area contributed by atoms with Gasteiger partial charge in [0.05, 0.1) is 6.54 Å². The van der Waals surface area contributed by atoms with E-state index in [0.717, 1.165) is 22.8 Å². The Morgan fingerprint density at radius 3 is 2.29 bits per heavy atom. The van der Waals surface area contributed by atoms with Gasteiger partial charge >= 0.3 is 0 Å². The molecule has 2 heteroatoms. The molecule has 86 valence electrons. The minimum Gasteiger partial charge on any atom is -0.285 e. The van der Waals surface area contributed by atoms with Crippen molar-refractivity contribution in [1.29, 1.82) is 0 Å². The van der Waals surface area contributed by atoms with Crippen LogP contribution in [-0.2, 0) is 6.54 Å². The van der Waals surface area contributed by atoms with Crippen LogP contribution in [-0.4, -0.2) is 5.71 Å². The monoisotopic (exact) mass is 243 g/mol. The molecule has 2 rings (SSSR count). The van der Waals surface area contributed by atoms with E-state index in [-0.39, 0.29) is 0 Å². The van der Waals surface area contributed by atoms with Crippen LogP contribution in [0.3, 0.4) is 0 Å². The average Bonchev–Trinajstić information content (AvgIpc) is 2.38. The SMILES string of the molecule is CC(=NCc1ccccc1)c1ccc(Cl)cc1. The molecule has 2 aromatic carbocycles. The molecule has 2 aromatic rings. The summed E-state index contributed by atoms with van der Waals surface area (Å²) in [7, 11) is 0. The maximum absolute atomic E-state index is 5.85. The third kappa shape index (κ3) is 3.43. The quantitative estimate of drug-likeness (QED) is 0.711. The summed E-state index contributed by atoms with van der Waals surface area (Å²) in [6, 6.07) is 18.0. The van der Waals surface area contributed by atoms with Gasteiger partial charge in [0.25, 0.3) is 0 Å². The van der Waals surface area contributed by atoms with E-state index < -0.39 is 0 Å². The summed E-state index contributed by atoms with van der Waals surface area (Å²) in [5, 5.41) is 0.754. The number of aliphatic imine (C=N–C) groups is 1. The summed E-state index contributed by atoms with van der Waals surface area (Å²) in [6.45, 7) is 2.74. The number of hydrogen-bond acceptors (Lipinski definition) is 1. The Bertz CT molecular complexity index is 500. The van der Waals surface area contributed by atoms with Crippen molar-refractivity contribution in [2.24, 2.45) is 4.99 Å². The first kappa shape index (κ1) is 11.9. The fourth-order valence-electron chi connectivity index (χ4n) is 1.58. The fourth-order valence-corrected chi connectivity index (χ4v) is 1.70. The highest BCUT2D eigenvalue weighted by molar-refractivity contribution is 6.30. The van der Waals surface area contributed by atoms with Crippen LogP contribution in [0.1, 0.15) is 18.1 Å². The first-order valence-corrected chi connectivity index (χ1v) is 5.94. The highest BCUT2D eigenvalue weighted by Gasteiger charge is 1.97. The number of benzene rings is 2. The van der Waals surface area contributed by atoms with Gasteiger partial charge in [-0.2, -0.15) is 0 Å². The zero-order valence-corrected chi connectivity index (χ0v) is 10.5. The van der Waals surface area contributed by atoms with Gasteiger partial charge in [0.1, 0.15) is 0 Å². The molecule has 0 saturated heterocycles. The molecule has 0 aromatic heterocycles. The molecule has 0 aliphatic heterocycles. The predicted octanol–water partition coefficient (Wildman–Crippen LogP) is 4.35. The van der Waals surface area contributed by atoms with Gasteiger partial charge in [0.15, 0.2) is 0 Å². The third-order valence-electron chi connectivity index (χ3n) is 2.60. The first-order chi connectivity index (χ1) is 8.25. The Kier molecular flexibility index (Phi) is 3.94. The van der Waals surface area contributed by atoms with E-state index in [2.05, 4.69) is 17.1 Å². The van der Waals surface area contributed by atoms with Gasteiger partial charge in [-0.3, -0.25) is 4.99 Å². The molecule has 0 radical (unpaired) electrons. The second-order valence-electron chi connectivity index (χ2n) is 3.89. The second kappa shape index (κ2) is 5.65. The largest absolute Gasteiger partial charge is 0.285 e. The van der Waals surface area contributed by atoms with E-state index in [1.807, 2.05) is 49.4 Å². The molecule has 17 heavy (non-hydrogen) atoms. The summed E-state index contributed by atoms with van der Waals surface area (Å²) < 4.78 is 0. The number of rotatable bonds is 3. The van der Waals surface area contributed by atoms with E-state index in [1.165, 1.54) is 5.56 Å². The van der Waals surface area contributed by atoms with Crippen molar-refractivity contribution in [3.63, 3.8) is 0 Å². The standard InChI is InChI=1S/C15H14ClN/c1-12(14-7-9-15(16)10-8-14)17-11-13-5-3-2-4-6-13/h2-10H,11H2,1H3. The van der Waals surface area contributed by atoms with Gasteiger partial charge in [-0.15, -0.1) is 0 Å². The third-order valence-corrected chi connectivity index (χ3v) is 2.86. The lowest BCUT2D eigenvalue weighted by molar-refractivity contribution is 1.06. The Balaban J connectivity index is 2.10. The summed E-state index contributed by atoms with van der Waals surface area (Å²) in [5.41, 5.74) is 3.37. The van der Waals surface area contributed by atoms with Crippen LogP contribution >= 0.6 is 11.6 Å². The molecule has 0 unspecified atom stereocenters. The molecule has 0 atom stereocenters. The Labute approximate surface area is 107 Å². The van der Waals surface area contributed by atoms with Crippen molar-refractivity contribution in [3.05, 3.63) is 70.7 Å². The van der Waals surface area contributed by atoms with Crippen LogP contribution in [0.5, 0.6) is 0 Å². The maximum Gasteiger partial charge on any atom is 0.0643 e. The summed E-state index contributed by atoms with van der Waals surface area (Å²) in [5.74, 6) is 0. The van der Waals surface area contributed by atoms with Gasteiger partial charge in [-0.25, -0.2) is 0 Å². The second-order valence-corrected chi connectivity index (χ2v) is 4.33. The molecule has 0 aliphatic rings. The molecule has 0 amide bonds. The highest BCUT2D eigenvalue weighted by atomic mass is 35.5. The van der Waals surface area contributed by atoms with Crippen molar-refractivity contribution < 1.29 is 0 Å². The lowest BCUT2D eigenvalue weighted by Gasteiger charge is -2.02. The minimum absolute atomic E-state index is 0.718. The molecule has 0 heterocycles. The fraction of sp³-hybridized carbons (Fsp3) is 0.133. The van der Waals surface area contributed by atoms with E-state index in [1.54, 1.807) is 0 Å². The van der Waals surface area contributed by atoms with E-state index in [0.29, 0.717) is 0 Å². The Hall–Kier alpha value is -1.60. The number of hydrogen-bond donors (Lipinski definition) is 0. The van der Waals surface area contributed by atoms with Crippen molar-refractivity contribution in [2.75, 3.05) is 0 Å². The van der Waals surface area contributed by atoms with Crippen LogP contribution < -0.4 is 0 Å². The molecule has 0 saturated carbocycles. The van der Waals surface area contributed by atoms with Gasteiger partial charge in [-0.05, 0) is 30.2 Å². The smallest absolute Gasteiger partial charge is 0.0643 e. The molecule has 0 spiro atoms. The van der Waals surface area contributed by atoms with Crippen molar-refractivity contribution in [3.8, 4) is 0 Å². The van der Waals surface area contributed by atoms with Gasteiger partial charge in [-0.1, -0.05) is 54.1 Å². The molecule has 0 N–H and O–H groups in total. The normalized spacial score (nSPS) is 11.5. The van der Waals surface area contributed by atoms with Crippen molar-refractivity contribution >= 4 is 17.3 Å². The molecular formula is C15H14ClN. The first-order valence-electron chi connectivity index (χ1n) is 5.56. The molecule has 0 bridgehead atoms. The van der Waals surface area contributed by atoms with Crippen LogP contribution in [0.2, 0.25) is 5.02 Å². The van der Waals surface area contributed by atoms with E-state index in [9.17, 15) is 0 Å². The van der Waals surface area contributed by atoms with Gasteiger partial charge < -0.3 is 0 Å². The average molecular weight is 244 g/mol. The van der Waals surface area contributed by atoms with Gasteiger partial charge in [0.2, 0.25) is 0 Å². The van der Waals surface area contributed by atoms with Crippen molar-refractivity contribution in [2.45, 2.75) is 13.5 Å². The van der Waals surface area contributed by atoms with Crippen LogP contribution in [0, 0.1) is 0 Å². The van der Waals surface area contributed by atoms with Crippen LogP contribution in [0.4, 0.5) is 0 Å². The molecule has 0 fully saturated rings. The van der Waals surface area contributed by atoms with Crippen molar-refractivity contribution in [1.82, 2.24) is 0 Å². The zero-order chi connectivity index (χ0) is 12.1. The zero-order valence-electron chi connectivity index (χ0n) is 9.73. The highest BCUT2D eigenvalue weighted by Crippen LogP contribution is 2.11. The Morgan fingerprint density at radius 2 is 1.65 bits per heavy atom. The predicted molar refractivity (Wildman–Crippen MR) is 73.8 cm³/mol. The van der Waals surface area contributed by atoms with Crippen LogP contribution in [0.15, 0.2) is 59.6 Å². The number of nitrogens with zero attached hydrogens (tertiary/aromatic N) is 1. The molecule has 1 nitrogen and oxygen atoms in total.